The van der Waals surface area contributed by atoms with Gasteiger partial charge >= 0.3 is 5.97 Å². The van der Waals surface area contributed by atoms with Crippen LogP contribution in [0.2, 0.25) is 0 Å². The van der Waals surface area contributed by atoms with E-state index in [1.54, 1.807) is 6.07 Å². The standard InChI is InChI=1S/C13H17BrN2O4S/c14-11-6-2-1-5-10(11)9-15-21(19,20)16-8-4-3-7-12(16)13(17)18/h1-2,5-6,12,15H,3-4,7-9H2,(H,17,18). The molecular weight excluding hydrogens is 360 g/mol. The van der Waals surface area contributed by atoms with Crippen molar-refractivity contribution >= 4 is 32.1 Å². The van der Waals surface area contributed by atoms with Crippen LogP contribution in [-0.2, 0) is 21.5 Å². The van der Waals surface area contributed by atoms with Gasteiger partial charge in [0.2, 0.25) is 0 Å². The molecule has 2 rings (SSSR count). The van der Waals surface area contributed by atoms with Crippen LogP contribution in [0.25, 0.3) is 0 Å². The maximum absolute atomic E-state index is 12.3. The van der Waals surface area contributed by atoms with Gasteiger partial charge in [0.05, 0.1) is 0 Å². The smallest absolute Gasteiger partial charge is 0.322 e. The van der Waals surface area contributed by atoms with E-state index in [0.717, 1.165) is 20.8 Å². The van der Waals surface area contributed by atoms with Crippen molar-refractivity contribution in [3.63, 3.8) is 0 Å². The fourth-order valence-corrected chi connectivity index (χ4v) is 4.16. The van der Waals surface area contributed by atoms with Gasteiger partial charge in [-0.2, -0.15) is 17.4 Å². The Labute approximate surface area is 132 Å². The van der Waals surface area contributed by atoms with Crippen molar-refractivity contribution in [2.24, 2.45) is 0 Å². The lowest BCUT2D eigenvalue weighted by molar-refractivity contribution is -0.142. The number of rotatable bonds is 5. The lowest BCUT2D eigenvalue weighted by atomic mass is 10.1. The number of carbonyl (C=O) groups is 1. The van der Waals surface area contributed by atoms with Crippen molar-refractivity contribution in [2.45, 2.75) is 31.8 Å². The Kier molecular flexibility index (Phi) is 5.37. The third kappa shape index (κ3) is 4.03. The Morgan fingerprint density at radius 2 is 2.10 bits per heavy atom. The first-order valence-corrected chi connectivity index (χ1v) is 8.88. The highest BCUT2D eigenvalue weighted by Crippen LogP contribution is 2.21. The summed E-state index contributed by atoms with van der Waals surface area (Å²) in [5, 5.41) is 9.16. The van der Waals surface area contributed by atoms with Crippen LogP contribution >= 0.6 is 15.9 Å². The van der Waals surface area contributed by atoms with Gasteiger partial charge in [0, 0.05) is 17.6 Å². The first-order valence-electron chi connectivity index (χ1n) is 6.64. The second-order valence-electron chi connectivity index (χ2n) is 4.88. The summed E-state index contributed by atoms with van der Waals surface area (Å²) >= 11 is 3.35. The number of nitrogens with one attached hydrogen (secondary N) is 1. The summed E-state index contributed by atoms with van der Waals surface area (Å²) in [4.78, 5) is 11.2. The van der Waals surface area contributed by atoms with Gasteiger partial charge in [-0.1, -0.05) is 34.1 Å². The first kappa shape index (κ1) is 16.4. The third-order valence-corrected chi connectivity index (χ3v) is 5.79. The largest absolute Gasteiger partial charge is 0.480 e. The molecule has 0 aromatic heterocycles. The zero-order valence-corrected chi connectivity index (χ0v) is 13.7. The summed E-state index contributed by atoms with van der Waals surface area (Å²) < 4.78 is 29.0. The van der Waals surface area contributed by atoms with E-state index in [1.165, 1.54) is 0 Å². The van der Waals surface area contributed by atoms with Crippen molar-refractivity contribution in [3.8, 4) is 0 Å². The van der Waals surface area contributed by atoms with Crippen LogP contribution in [-0.4, -0.2) is 36.4 Å². The highest BCUT2D eigenvalue weighted by Gasteiger charge is 2.36. The Balaban J connectivity index is 2.10. The van der Waals surface area contributed by atoms with E-state index < -0.39 is 22.2 Å². The minimum Gasteiger partial charge on any atom is -0.480 e. The summed E-state index contributed by atoms with van der Waals surface area (Å²) in [6.45, 7) is 0.356. The number of nitrogens with zero attached hydrogens (tertiary/aromatic N) is 1. The second-order valence-corrected chi connectivity index (χ2v) is 7.44. The second kappa shape index (κ2) is 6.87. The van der Waals surface area contributed by atoms with Crippen LogP contribution in [0.15, 0.2) is 28.7 Å². The predicted octanol–water partition coefficient (Wildman–Crippen LogP) is 1.72. The number of halogens is 1. The SMILES string of the molecule is O=C(O)C1CCCCN1S(=O)(=O)NCc1ccccc1Br. The van der Waals surface area contributed by atoms with Crippen LogP contribution < -0.4 is 4.72 Å². The lowest BCUT2D eigenvalue weighted by Crippen LogP contribution is -2.51. The molecule has 116 valence electrons. The van der Waals surface area contributed by atoms with Gasteiger partial charge in [0.15, 0.2) is 0 Å². The number of benzene rings is 1. The minimum atomic E-state index is -3.81. The third-order valence-electron chi connectivity index (χ3n) is 3.45. The molecule has 1 aliphatic rings. The molecule has 0 saturated carbocycles. The molecule has 1 unspecified atom stereocenters. The van der Waals surface area contributed by atoms with E-state index >= 15 is 0 Å². The Bertz CT molecular complexity index is 620. The minimum absolute atomic E-state index is 0.118. The topological polar surface area (TPSA) is 86.7 Å². The normalized spacial score (nSPS) is 20.3. The molecule has 0 radical (unpaired) electrons. The predicted molar refractivity (Wildman–Crippen MR) is 81.9 cm³/mol. The van der Waals surface area contributed by atoms with Crippen molar-refractivity contribution in [3.05, 3.63) is 34.3 Å². The molecule has 1 atom stereocenters. The van der Waals surface area contributed by atoms with Crippen LogP contribution in [0.3, 0.4) is 0 Å². The van der Waals surface area contributed by atoms with E-state index in [4.69, 9.17) is 5.11 Å². The molecule has 1 saturated heterocycles. The number of carboxylic acid groups (broad SMARTS) is 1. The van der Waals surface area contributed by atoms with Crippen LogP contribution in [0, 0.1) is 0 Å². The van der Waals surface area contributed by atoms with Crippen molar-refractivity contribution in [1.29, 1.82) is 0 Å². The molecule has 2 N–H and O–H groups in total. The number of hydrogen-bond donors (Lipinski definition) is 2. The van der Waals surface area contributed by atoms with E-state index in [9.17, 15) is 13.2 Å². The molecule has 0 bridgehead atoms. The quantitative estimate of drug-likeness (QED) is 0.818. The van der Waals surface area contributed by atoms with Crippen molar-refractivity contribution in [1.82, 2.24) is 9.03 Å². The Morgan fingerprint density at radius 1 is 1.38 bits per heavy atom. The zero-order chi connectivity index (χ0) is 15.5. The van der Waals surface area contributed by atoms with Gasteiger partial charge in [0.25, 0.3) is 10.2 Å². The van der Waals surface area contributed by atoms with E-state index in [-0.39, 0.29) is 13.1 Å². The number of carboxylic acids is 1. The van der Waals surface area contributed by atoms with Gasteiger partial charge in [-0.05, 0) is 30.9 Å². The molecule has 1 heterocycles. The summed E-state index contributed by atoms with van der Waals surface area (Å²) in [5.74, 6) is -1.10. The van der Waals surface area contributed by atoms with Gasteiger partial charge < -0.3 is 5.11 Å². The molecule has 1 aliphatic heterocycles. The first-order chi connectivity index (χ1) is 9.92. The van der Waals surface area contributed by atoms with Gasteiger partial charge in [-0.25, -0.2) is 0 Å². The highest BCUT2D eigenvalue weighted by molar-refractivity contribution is 9.10. The average Bonchev–Trinajstić information content (AvgIpc) is 2.46. The number of piperidine rings is 1. The fourth-order valence-electron chi connectivity index (χ4n) is 2.33. The Morgan fingerprint density at radius 3 is 2.76 bits per heavy atom. The lowest BCUT2D eigenvalue weighted by Gasteiger charge is -2.31. The van der Waals surface area contributed by atoms with Crippen molar-refractivity contribution in [2.75, 3.05) is 6.54 Å². The van der Waals surface area contributed by atoms with Gasteiger partial charge in [0.1, 0.15) is 6.04 Å². The molecule has 21 heavy (non-hydrogen) atoms. The molecule has 1 aromatic carbocycles. The summed E-state index contributed by atoms with van der Waals surface area (Å²) in [6.07, 6.45) is 1.76. The van der Waals surface area contributed by atoms with Crippen molar-refractivity contribution < 1.29 is 18.3 Å². The van der Waals surface area contributed by atoms with Crippen LogP contribution in [0.5, 0.6) is 0 Å². The molecule has 8 heteroatoms. The molecule has 0 aliphatic carbocycles. The maximum atomic E-state index is 12.3. The zero-order valence-electron chi connectivity index (χ0n) is 11.3. The van der Waals surface area contributed by atoms with Gasteiger partial charge in [-0.3, -0.25) is 4.79 Å². The molecule has 0 spiro atoms. The van der Waals surface area contributed by atoms with Crippen LogP contribution in [0.4, 0.5) is 0 Å². The monoisotopic (exact) mass is 376 g/mol. The fraction of sp³-hybridized carbons (Fsp3) is 0.462. The summed E-state index contributed by atoms with van der Waals surface area (Å²) in [5.41, 5.74) is 0.796. The van der Waals surface area contributed by atoms with Gasteiger partial charge in [-0.15, -0.1) is 0 Å². The Hall–Kier alpha value is -0.960. The molecular formula is C13H17BrN2O4S. The molecule has 1 fully saturated rings. The maximum Gasteiger partial charge on any atom is 0.322 e. The van der Waals surface area contributed by atoms with Crippen LogP contribution in [0.1, 0.15) is 24.8 Å². The number of aliphatic carboxylic acids is 1. The molecule has 1 aromatic rings. The number of hydrogen-bond acceptors (Lipinski definition) is 3. The molecule has 0 amide bonds. The van der Waals surface area contributed by atoms with E-state index in [2.05, 4.69) is 20.7 Å². The highest BCUT2D eigenvalue weighted by atomic mass is 79.9. The summed E-state index contributed by atoms with van der Waals surface area (Å²) in [7, 11) is -3.81. The summed E-state index contributed by atoms with van der Waals surface area (Å²) in [6, 6.07) is 6.31. The van der Waals surface area contributed by atoms with E-state index in [1.807, 2.05) is 18.2 Å². The molecule has 6 nitrogen and oxygen atoms in total. The average molecular weight is 377 g/mol. The van der Waals surface area contributed by atoms with E-state index in [0.29, 0.717) is 12.8 Å².